The number of nitrogens with one attached hydrogen (secondary N) is 2. The van der Waals surface area contributed by atoms with Crippen LogP contribution >= 0.6 is 0 Å². The molecule has 1 saturated heterocycles. The molecule has 6 heteroatoms. The lowest BCUT2D eigenvalue weighted by Gasteiger charge is -2.32. The van der Waals surface area contributed by atoms with Crippen molar-refractivity contribution in [2.24, 2.45) is 5.92 Å². The Morgan fingerprint density at radius 3 is 2.68 bits per heavy atom. The van der Waals surface area contributed by atoms with E-state index >= 15 is 0 Å². The number of amides is 1. The summed E-state index contributed by atoms with van der Waals surface area (Å²) in [5, 5.41) is 0. The summed E-state index contributed by atoms with van der Waals surface area (Å²) < 4.78 is 0. The lowest BCUT2D eigenvalue weighted by molar-refractivity contribution is 0.0671. The molecule has 2 N–H and O–H groups in total. The highest BCUT2D eigenvalue weighted by Gasteiger charge is 2.23. The van der Waals surface area contributed by atoms with E-state index in [9.17, 15) is 14.4 Å². The molecule has 2 heterocycles. The maximum absolute atomic E-state index is 12.6. The van der Waals surface area contributed by atoms with Crippen LogP contribution in [-0.4, -0.2) is 33.9 Å². The summed E-state index contributed by atoms with van der Waals surface area (Å²) in [5.74, 6) is 0.543. The number of rotatable bonds is 2. The van der Waals surface area contributed by atoms with Crippen LogP contribution in [0.1, 0.15) is 36.5 Å². The van der Waals surface area contributed by atoms with Crippen molar-refractivity contribution in [3.63, 3.8) is 0 Å². The first-order valence-electron chi connectivity index (χ1n) is 7.64. The van der Waals surface area contributed by atoms with E-state index in [1.807, 2.05) is 4.90 Å². The number of likely N-dealkylation sites (tertiary alicyclic amines) is 1. The maximum Gasteiger partial charge on any atom is 0.314 e. The fraction of sp³-hybridized carbons (Fsp3) is 0.438. The van der Waals surface area contributed by atoms with Crippen LogP contribution in [0.2, 0.25) is 0 Å². The van der Waals surface area contributed by atoms with Crippen LogP contribution in [0.3, 0.4) is 0 Å². The molecule has 1 aliphatic heterocycles. The van der Waals surface area contributed by atoms with Gasteiger partial charge in [0.05, 0.1) is 11.0 Å². The molecule has 1 aromatic carbocycles. The van der Waals surface area contributed by atoms with Gasteiger partial charge in [-0.25, -0.2) is 0 Å². The van der Waals surface area contributed by atoms with Crippen LogP contribution in [-0.2, 0) is 0 Å². The number of piperidine rings is 1. The van der Waals surface area contributed by atoms with Crippen molar-refractivity contribution < 1.29 is 4.79 Å². The third kappa shape index (κ3) is 2.68. The summed E-state index contributed by atoms with van der Waals surface area (Å²) in [5.41, 5.74) is 0.132. The van der Waals surface area contributed by atoms with Gasteiger partial charge in [-0.15, -0.1) is 0 Å². The van der Waals surface area contributed by atoms with Crippen LogP contribution in [0.5, 0.6) is 0 Å². The van der Waals surface area contributed by atoms with Crippen LogP contribution in [0, 0.1) is 5.92 Å². The minimum Gasteiger partial charge on any atom is -0.338 e. The predicted octanol–water partition coefficient (Wildman–Crippen LogP) is 1.48. The Balaban J connectivity index is 1.92. The molecule has 116 valence electrons. The van der Waals surface area contributed by atoms with Gasteiger partial charge in [-0.2, -0.15) is 0 Å². The van der Waals surface area contributed by atoms with Gasteiger partial charge in [-0.3, -0.25) is 14.4 Å². The first-order valence-corrected chi connectivity index (χ1v) is 7.64. The molecule has 0 bridgehead atoms. The molecule has 0 radical (unpaired) electrons. The Kier molecular flexibility index (Phi) is 3.83. The Hall–Kier alpha value is -2.37. The Labute approximate surface area is 127 Å². The molecule has 22 heavy (non-hydrogen) atoms. The average Bonchev–Trinajstić information content (AvgIpc) is 2.55. The summed E-state index contributed by atoms with van der Waals surface area (Å²) in [7, 11) is 0. The third-order valence-electron chi connectivity index (χ3n) is 4.35. The molecule has 2 aromatic rings. The second-order valence-corrected chi connectivity index (χ2v) is 5.84. The summed E-state index contributed by atoms with van der Waals surface area (Å²) in [4.78, 5) is 42.2. The quantitative estimate of drug-likeness (QED) is 0.824. The number of aromatic nitrogens is 2. The molecule has 0 spiro atoms. The first-order chi connectivity index (χ1) is 10.6. The van der Waals surface area contributed by atoms with Crippen LogP contribution in [0.15, 0.2) is 27.8 Å². The summed E-state index contributed by atoms with van der Waals surface area (Å²) in [6.07, 6.45) is 3.28. The van der Waals surface area contributed by atoms with Crippen molar-refractivity contribution in [3.05, 3.63) is 44.5 Å². The smallest absolute Gasteiger partial charge is 0.314 e. The SMILES string of the molecule is CC[C@@H]1CCCN(C(=O)c2ccc3[nH]c(=O)c(=O)[nH]c3c2)C1. The van der Waals surface area contributed by atoms with Gasteiger partial charge in [-0.05, 0) is 37.0 Å². The fourth-order valence-electron chi connectivity index (χ4n) is 3.01. The van der Waals surface area contributed by atoms with Gasteiger partial charge in [0.1, 0.15) is 0 Å². The first kappa shape index (κ1) is 14.6. The number of H-pyrrole nitrogens is 2. The second-order valence-electron chi connectivity index (χ2n) is 5.84. The summed E-state index contributed by atoms with van der Waals surface area (Å²) in [6.45, 7) is 3.71. The normalized spacial score (nSPS) is 18.6. The second kappa shape index (κ2) is 5.79. The van der Waals surface area contributed by atoms with Crippen molar-refractivity contribution in [2.75, 3.05) is 13.1 Å². The summed E-state index contributed by atoms with van der Waals surface area (Å²) >= 11 is 0. The Bertz CT molecular complexity index is 821. The van der Waals surface area contributed by atoms with Gasteiger partial charge in [0.2, 0.25) is 0 Å². The fourth-order valence-corrected chi connectivity index (χ4v) is 3.01. The predicted molar refractivity (Wildman–Crippen MR) is 84.1 cm³/mol. The van der Waals surface area contributed by atoms with E-state index in [1.54, 1.807) is 18.2 Å². The number of benzene rings is 1. The maximum atomic E-state index is 12.6. The Morgan fingerprint density at radius 2 is 1.95 bits per heavy atom. The van der Waals surface area contributed by atoms with E-state index in [-0.39, 0.29) is 5.91 Å². The number of carbonyl (C=O) groups excluding carboxylic acids is 1. The highest BCUT2D eigenvalue weighted by molar-refractivity contribution is 5.97. The number of hydrogen-bond acceptors (Lipinski definition) is 3. The van der Waals surface area contributed by atoms with Gasteiger partial charge in [0.15, 0.2) is 0 Å². The molecule has 0 saturated carbocycles. The molecular weight excluding hydrogens is 282 g/mol. The van der Waals surface area contributed by atoms with Crippen molar-refractivity contribution in [1.29, 1.82) is 0 Å². The van der Waals surface area contributed by atoms with Gasteiger partial charge in [0.25, 0.3) is 5.91 Å². The molecule has 1 fully saturated rings. The van der Waals surface area contributed by atoms with Crippen LogP contribution in [0.25, 0.3) is 11.0 Å². The topological polar surface area (TPSA) is 86.0 Å². The number of nitrogens with zero attached hydrogens (tertiary/aromatic N) is 1. The van der Waals surface area contributed by atoms with Gasteiger partial charge in [-0.1, -0.05) is 13.3 Å². The van der Waals surface area contributed by atoms with Gasteiger partial charge in [0, 0.05) is 18.7 Å². The van der Waals surface area contributed by atoms with Crippen molar-refractivity contribution in [3.8, 4) is 0 Å². The molecule has 0 unspecified atom stereocenters. The largest absolute Gasteiger partial charge is 0.338 e. The zero-order valence-electron chi connectivity index (χ0n) is 12.5. The van der Waals surface area contributed by atoms with Crippen LogP contribution < -0.4 is 11.1 Å². The molecular formula is C16H19N3O3. The van der Waals surface area contributed by atoms with Gasteiger partial charge >= 0.3 is 11.1 Å². The number of fused-ring (bicyclic) bond motifs is 1. The van der Waals surface area contributed by atoms with E-state index in [0.717, 1.165) is 25.9 Å². The minimum atomic E-state index is -0.707. The lowest BCUT2D eigenvalue weighted by atomic mass is 9.95. The van der Waals surface area contributed by atoms with E-state index in [0.29, 0.717) is 22.5 Å². The highest BCUT2D eigenvalue weighted by atomic mass is 16.2. The molecule has 6 nitrogen and oxygen atoms in total. The van der Waals surface area contributed by atoms with Crippen molar-refractivity contribution >= 4 is 16.9 Å². The third-order valence-corrected chi connectivity index (χ3v) is 4.35. The monoisotopic (exact) mass is 301 g/mol. The summed E-state index contributed by atoms with van der Waals surface area (Å²) in [6, 6.07) is 4.97. The standard InChI is InChI=1S/C16H19N3O3/c1-2-10-4-3-7-19(9-10)16(22)11-5-6-12-13(8-11)18-15(21)14(20)17-12/h5-6,8,10H,2-4,7,9H2,1H3,(H,17,20)(H,18,21)/t10-/m1/s1. The average molecular weight is 301 g/mol. The Morgan fingerprint density at radius 1 is 1.23 bits per heavy atom. The molecule has 1 aliphatic rings. The molecule has 1 aromatic heterocycles. The molecule has 0 aliphatic carbocycles. The number of hydrogen-bond donors (Lipinski definition) is 2. The minimum absolute atomic E-state index is 0.0212. The molecule has 1 atom stereocenters. The number of aromatic amines is 2. The van der Waals surface area contributed by atoms with Gasteiger partial charge < -0.3 is 14.9 Å². The van der Waals surface area contributed by atoms with E-state index in [2.05, 4.69) is 16.9 Å². The van der Waals surface area contributed by atoms with Crippen molar-refractivity contribution in [2.45, 2.75) is 26.2 Å². The lowest BCUT2D eigenvalue weighted by Crippen LogP contribution is -2.39. The zero-order chi connectivity index (χ0) is 15.7. The highest BCUT2D eigenvalue weighted by Crippen LogP contribution is 2.21. The van der Waals surface area contributed by atoms with Crippen LogP contribution in [0.4, 0.5) is 0 Å². The number of carbonyl (C=O) groups is 1. The zero-order valence-corrected chi connectivity index (χ0v) is 12.5. The molecule has 3 rings (SSSR count). The molecule has 1 amide bonds. The van der Waals surface area contributed by atoms with Crippen molar-refractivity contribution in [1.82, 2.24) is 14.9 Å². The van der Waals surface area contributed by atoms with E-state index in [1.165, 1.54) is 6.42 Å². The van der Waals surface area contributed by atoms with E-state index < -0.39 is 11.1 Å². The van der Waals surface area contributed by atoms with E-state index in [4.69, 9.17) is 0 Å².